The highest BCUT2D eigenvalue weighted by Crippen LogP contribution is 2.27. The van der Waals surface area contributed by atoms with E-state index in [4.69, 9.17) is 0 Å². The standard InChI is InChI=1S/C16H21N3O3S2/c1-11-15(7-16(20)17-8-13-3-5-23-9-13)12(2)19(18-11)14-4-6-24(21,22)10-14/h3,5,9,14H,4,6-8,10H2,1-2H3,(H,17,20). The topological polar surface area (TPSA) is 81.1 Å². The van der Waals surface area contributed by atoms with Gasteiger partial charge in [-0.05, 0) is 42.7 Å². The second kappa shape index (κ2) is 6.68. The number of hydrogen-bond acceptors (Lipinski definition) is 5. The Bertz CT molecular complexity index is 838. The maximum atomic E-state index is 12.2. The minimum Gasteiger partial charge on any atom is -0.352 e. The Morgan fingerprint density at radius 2 is 2.25 bits per heavy atom. The smallest absolute Gasteiger partial charge is 0.224 e. The van der Waals surface area contributed by atoms with Crippen LogP contribution in [-0.2, 0) is 27.6 Å². The number of rotatable bonds is 5. The Balaban J connectivity index is 1.69. The van der Waals surface area contributed by atoms with Gasteiger partial charge in [-0.15, -0.1) is 0 Å². The molecule has 0 saturated carbocycles. The summed E-state index contributed by atoms with van der Waals surface area (Å²) >= 11 is 1.60. The first-order valence-corrected chi connectivity index (χ1v) is 10.6. The van der Waals surface area contributed by atoms with Crippen LogP contribution in [-0.4, -0.2) is 35.6 Å². The van der Waals surface area contributed by atoms with Crippen LogP contribution in [0.4, 0.5) is 0 Å². The lowest BCUT2D eigenvalue weighted by atomic mass is 10.1. The molecule has 6 nitrogen and oxygen atoms in total. The summed E-state index contributed by atoms with van der Waals surface area (Å²) in [6.07, 6.45) is 0.857. The highest BCUT2D eigenvalue weighted by Gasteiger charge is 2.31. The molecule has 2 aromatic heterocycles. The van der Waals surface area contributed by atoms with E-state index in [9.17, 15) is 13.2 Å². The molecule has 0 bridgehead atoms. The van der Waals surface area contributed by atoms with Crippen molar-refractivity contribution in [2.75, 3.05) is 11.5 Å². The SMILES string of the molecule is Cc1nn(C2CCS(=O)(=O)C2)c(C)c1CC(=O)NCc1ccsc1. The minimum absolute atomic E-state index is 0.0500. The molecule has 1 atom stereocenters. The molecule has 8 heteroatoms. The van der Waals surface area contributed by atoms with E-state index >= 15 is 0 Å². The zero-order valence-electron chi connectivity index (χ0n) is 13.8. The van der Waals surface area contributed by atoms with E-state index in [0.29, 0.717) is 13.0 Å². The van der Waals surface area contributed by atoms with Crippen LogP contribution < -0.4 is 5.32 Å². The summed E-state index contributed by atoms with van der Waals surface area (Å²) in [7, 11) is -2.96. The Labute approximate surface area is 145 Å². The van der Waals surface area contributed by atoms with E-state index < -0.39 is 9.84 Å². The van der Waals surface area contributed by atoms with Gasteiger partial charge in [0.25, 0.3) is 0 Å². The van der Waals surface area contributed by atoms with Gasteiger partial charge in [0.2, 0.25) is 5.91 Å². The third kappa shape index (κ3) is 3.70. The Morgan fingerprint density at radius 1 is 1.46 bits per heavy atom. The van der Waals surface area contributed by atoms with Gasteiger partial charge in [-0.25, -0.2) is 8.42 Å². The number of carbonyl (C=O) groups is 1. The van der Waals surface area contributed by atoms with Crippen LogP contribution in [0.1, 0.15) is 35.0 Å². The second-order valence-corrected chi connectivity index (χ2v) is 9.24. The molecule has 1 saturated heterocycles. The molecule has 1 unspecified atom stereocenters. The lowest BCUT2D eigenvalue weighted by Crippen LogP contribution is -2.24. The molecule has 0 radical (unpaired) electrons. The van der Waals surface area contributed by atoms with Crippen molar-refractivity contribution in [1.29, 1.82) is 0 Å². The van der Waals surface area contributed by atoms with E-state index in [2.05, 4.69) is 10.4 Å². The summed E-state index contributed by atoms with van der Waals surface area (Å²) in [6.45, 7) is 4.30. The number of thiophene rings is 1. The third-order valence-corrected chi connectivity index (χ3v) is 6.92. The van der Waals surface area contributed by atoms with E-state index in [1.807, 2.05) is 30.7 Å². The van der Waals surface area contributed by atoms with Gasteiger partial charge in [0.1, 0.15) is 0 Å². The van der Waals surface area contributed by atoms with E-state index in [0.717, 1.165) is 22.5 Å². The number of nitrogens with one attached hydrogen (secondary N) is 1. The molecule has 1 fully saturated rings. The average molecular weight is 367 g/mol. The summed E-state index contributed by atoms with van der Waals surface area (Å²) in [5, 5.41) is 11.4. The van der Waals surface area contributed by atoms with Crippen molar-refractivity contribution in [1.82, 2.24) is 15.1 Å². The molecule has 0 aromatic carbocycles. The largest absolute Gasteiger partial charge is 0.352 e. The number of nitrogens with zero attached hydrogens (tertiary/aromatic N) is 2. The molecule has 130 valence electrons. The van der Waals surface area contributed by atoms with Gasteiger partial charge in [-0.1, -0.05) is 0 Å². The summed E-state index contributed by atoms with van der Waals surface area (Å²) in [5.41, 5.74) is 3.67. The molecule has 0 aliphatic carbocycles. The first-order chi connectivity index (χ1) is 11.4. The fourth-order valence-electron chi connectivity index (χ4n) is 3.09. The molecule has 24 heavy (non-hydrogen) atoms. The number of aromatic nitrogens is 2. The van der Waals surface area contributed by atoms with Crippen molar-refractivity contribution in [3.8, 4) is 0 Å². The fourth-order valence-corrected chi connectivity index (χ4v) is 5.45. The number of amides is 1. The second-order valence-electron chi connectivity index (χ2n) is 6.24. The first-order valence-electron chi connectivity index (χ1n) is 7.88. The molecule has 1 aliphatic heterocycles. The highest BCUT2D eigenvalue weighted by molar-refractivity contribution is 7.91. The van der Waals surface area contributed by atoms with Crippen molar-refractivity contribution in [2.24, 2.45) is 0 Å². The molecule has 1 amide bonds. The lowest BCUT2D eigenvalue weighted by Gasteiger charge is -2.11. The Hall–Kier alpha value is -1.67. The molecule has 0 spiro atoms. The van der Waals surface area contributed by atoms with Gasteiger partial charge in [0, 0.05) is 17.8 Å². The third-order valence-electron chi connectivity index (χ3n) is 4.44. The Morgan fingerprint density at radius 3 is 2.88 bits per heavy atom. The maximum absolute atomic E-state index is 12.2. The molecule has 3 heterocycles. The Kier molecular flexibility index (Phi) is 4.78. The van der Waals surface area contributed by atoms with Crippen molar-refractivity contribution in [2.45, 2.75) is 39.3 Å². The first kappa shape index (κ1) is 17.2. The van der Waals surface area contributed by atoms with E-state index in [1.54, 1.807) is 16.0 Å². The molecular formula is C16H21N3O3S2. The summed E-state index contributed by atoms with van der Waals surface area (Å²) in [6, 6.07) is 1.87. The van der Waals surface area contributed by atoms with Gasteiger partial charge in [0.15, 0.2) is 9.84 Å². The van der Waals surface area contributed by atoms with Crippen LogP contribution in [0.5, 0.6) is 0 Å². The van der Waals surface area contributed by atoms with E-state index in [1.165, 1.54) is 0 Å². The minimum atomic E-state index is -2.96. The highest BCUT2D eigenvalue weighted by atomic mass is 32.2. The molecule has 1 aliphatic rings. The molecular weight excluding hydrogens is 346 g/mol. The van der Waals surface area contributed by atoms with Crippen LogP contribution in [0, 0.1) is 13.8 Å². The van der Waals surface area contributed by atoms with Crippen LogP contribution in [0.2, 0.25) is 0 Å². The summed E-state index contributed by atoms with van der Waals surface area (Å²) < 4.78 is 25.2. The van der Waals surface area contributed by atoms with Gasteiger partial charge < -0.3 is 5.32 Å². The van der Waals surface area contributed by atoms with Crippen molar-refractivity contribution in [3.05, 3.63) is 39.3 Å². The predicted octanol–water partition coefficient (Wildman–Crippen LogP) is 1.78. The summed E-state index contributed by atoms with van der Waals surface area (Å²) in [4.78, 5) is 12.2. The quantitative estimate of drug-likeness (QED) is 0.873. The lowest BCUT2D eigenvalue weighted by molar-refractivity contribution is -0.120. The average Bonchev–Trinajstić information content (AvgIpc) is 3.21. The maximum Gasteiger partial charge on any atom is 0.224 e. The van der Waals surface area contributed by atoms with Crippen molar-refractivity contribution >= 4 is 27.1 Å². The van der Waals surface area contributed by atoms with Gasteiger partial charge in [-0.3, -0.25) is 9.48 Å². The van der Waals surface area contributed by atoms with Crippen LogP contribution in [0.15, 0.2) is 16.8 Å². The van der Waals surface area contributed by atoms with Gasteiger partial charge in [-0.2, -0.15) is 16.4 Å². The van der Waals surface area contributed by atoms with Crippen LogP contribution in [0.3, 0.4) is 0 Å². The van der Waals surface area contributed by atoms with Crippen LogP contribution in [0.25, 0.3) is 0 Å². The molecule has 1 N–H and O–H groups in total. The number of hydrogen-bond donors (Lipinski definition) is 1. The summed E-state index contributed by atoms with van der Waals surface area (Å²) in [5.74, 6) is 0.302. The molecule has 2 aromatic rings. The van der Waals surface area contributed by atoms with Crippen molar-refractivity contribution < 1.29 is 13.2 Å². The van der Waals surface area contributed by atoms with Gasteiger partial charge >= 0.3 is 0 Å². The number of aryl methyl sites for hydroxylation is 1. The number of carbonyl (C=O) groups excluding carboxylic acids is 1. The van der Waals surface area contributed by atoms with Crippen molar-refractivity contribution in [3.63, 3.8) is 0 Å². The fraction of sp³-hybridized carbons (Fsp3) is 0.500. The monoisotopic (exact) mass is 367 g/mol. The number of sulfone groups is 1. The molecule has 3 rings (SSSR count). The zero-order valence-corrected chi connectivity index (χ0v) is 15.4. The normalized spacial score (nSPS) is 19.5. The van der Waals surface area contributed by atoms with E-state index in [-0.39, 0.29) is 29.9 Å². The van der Waals surface area contributed by atoms with Gasteiger partial charge in [0.05, 0.1) is 29.7 Å². The predicted molar refractivity (Wildman–Crippen MR) is 93.9 cm³/mol. The zero-order chi connectivity index (χ0) is 17.3. The van der Waals surface area contributed by atoms with Crippen LogP contribution >= 0.6 is 11.3 Å².